The highest BCUT2D eigenvalue weighted by atomic mass is 16.2. The van der Waals surface area contributed by atoms with Crippen LogP contribution in [0.25, 0.3) is 0 Å². The van der Waals surface area contributed by atoms with E-state index < -0.39 is 11.8 Å². The molecule has 148 valence electrons. The van der Waals surface area contributed by atoms with E-state index in [0.29, 0.717) is 18.4 Å². The fourth-order valence-electron chi connectivity index (χ4n) is 4.44. The van der Waals surface area contributed by atoms with Gasteiger partial charge in [-0.15, -0.1) is 0 Å². The highest BCUT2D eigenvalue weighted by molar-refractivity contribution is 6.15. The lowest BCUT2D eigenvalue weighted by atomic mass is 9.86. The standard InChI is InChI=1S/C25H25NO3/c1-15-9-16(2)23(17(3)10-15)24-22(28)13-20(25(24)29)12-21(27)8-7-18-5-4-6-19(11-18)14-26/h4-6,9-11,20,24H,7-8,12-13H2,1-3H3. The number of carbonyl (C=O) groups is 3. The summed E-state index contributed by atoms with van der Waals surface area (Å²) in [7, 11) is 0. The molecule has 29 heavy (non-hydrogen) atoms. The zero-order valence-corrected chi connectivity index (χ0v) is 17.1. The normalized spacial score (nSPS) is 18.7. The first kappa shape index (κ1) is 20.7. The van der Waals surface area contributed by atoms with Crippen LogP contribution < -0.4 is 0 Å². The molecule has 0 aromatic heterocycles. The summed E-state index contributed by atoms with van der Waals surface area (Å²) < 4.78 is 0. The van der Waals surface area contributed by atoms with Crippen molar-refractivity contribution >= 4 is 17.3 Å². The lowest BCUT2D eigenvalue weighted by Gasteiger charge is -2.16. The van der Waals surface area contributed by atoms with Crippen molar-refractivity contribution in [2.24, 2.45) is 5.92 Å². The molecule has 0 N–H and O–H groups in total. The van der Waals surface area contributed by atoms with E-state index in [0.717, 1.165) is 27.8 Å². The Hall–Kier alpha value is -3.06. The lowest BCUT2D eigenvalue weighted by Crippen LogP contribution is -2.19. The maximum atomic E-state index is 13.0. The third kappa shape index (κ3) is 4.51. The fourth-order valence-corrected chi connectivity index (χ4v) is 4.44. The van der Waals surface area contributed by atoms with E-state index in [4.69, 9.17) is 5.26 Å². The van der Waals surface area contributed by atoms with Gasteiger partial charge in [-0.3, -0.25) is 14.4 Å². The summed E-state index contributed by atoms with van der Waals surface area (Å²) >= 11 is 0. The van der Waals surface area contributed by atoms with Crippen molar-refractivity contribution in [1.29, 1.82) is 5.26 Å². The highest BCUT2D eigenvalue weighted by Crippen LogP contribution is 2.37. The number of carbonyl (C=O) groups excluding carboxylic acids is 3. The Balaban J connectivity index is 1.67. The number of nitrogens with zero attached hydrogens (tertiary/aromatic N) is 1. The minimum Gasteiger partial charge on any atom is -0.300 e. The molecule has 0 saturated heterocycles. The van der Waals surface area contributed by atoms with Crippen molar-refractivity contribution < 1.29 is 14.4 Å². The Kier molecular flexibility index (Phi) is 6.08. The number of ketones is 3. The van der Waals surface area contributed by atoms with Gasteiger partial charge in [0.15, 0.2) is 5.78 Å². The van der Waals surface area contributed by atoms with Crippen molar-refractivity contribution in [1.82, 2.24) is 0 Å². The van der Waals surface area contributed by atoms with Crippen LogP contribution in [0.2, 0.25) is 0 Å². The molecule has 0 amide bonds. The number of aryl methyl sites for hydroxylation is 4. The van der Waals surface area contributed by atoms with Crippen LogP contribution in [-0.2, 0) is 20.8 Å². The summed E-state index contributed by atoms with van der Waals surface area (Å²) in [6, 6.07) is 13.3. The molecule has 1 fully saturated rings. The van der Waals surface area contributed by atoms with Crippen LogP contribution >= 0.6 is 0 Å². The molecule has 4 heteroatoms. The second-order valence-electron chi connectivity index (χ2n) is 8.07. The molecule has 3 rings (SSSR count). The Morgan fingerprint density at radius 2 is 1.79 bits per heavy atom. The topological polar surface area (TPSA) is 75.0 Å². The molecule has 2 aromatic rings. The lowest BCUT2D eigenvalue weighted by molar-refractivity contribution is -0.127. The van der Waals surface area contributed by atoms with Gasteiger partial charge in [-0.2, -0.15) is 5.26 Å². The van der Waals surface area contributed by atoms with Gasteiger partial charge in [0.2, 0.25) is 0 Å². The molecule has 1 aliphatic carbocycles. The molecule has 0 spiro atoms. The number of Topliss-reactive ketones (excluding diaryl/α,β-unsaturated/α-hetero) is 3. The van der Waals surface area contributed by atoms with Crippen molar-refractivity contribution in [2.45, 2.75) is 52.4 Å². The average Bonchev–Trinajstić information content (AvgIpc) is 2.93. The fraction of sp³-hybridized carbons (Fsp3) is 0.360. The van der Waals surface area contributed by atoms with Crippen molar-refractivity contribution in [2.75, 3.05) is 0 Å². The number of benzene rings is 2. The molecular weight excluding hydrogens is 362 g/mol. The van der Waals surface area contributed by atoms with E-state index in [1.807, 2.05) is 39.0 Å². The molecule has 2 aromatic carbocycles. The molecule has 0 aliphatic heterocycles. The minimum atomic E-state index is -0.735. The maximum Gasteiger partial charge on any atom is 0.151 e. The Bertz CT molecular complexity index is 1010. The smallest absolute Gasteiger partial charge is 0.151 e. The minimum absolute atomic E-state index is 0.0171. The third-order valence-corrected chi connectivity index (χ3v) is 5.71. The molecule has 2 atom stereocenters. The quantitative estimate of drug-likeness (QED) is 0.692. The van der Waals surface area contributed by atoms with Gasteiger partial charge in [-0.25, -0.2) is 0 Å². The number of hydrogen-bond acceptors (Lipinski definition) is 4. The van der Waals surface area contributed by atoms with Crippen LogP contribution in [0.3, 0.4) is 0 Å². The van der Waals surface area contributed by atoms with Crippen LogP contribution in [0.5, 0.6) is 0 Å². The molecule has 4 nitrogen and oxygen atoms in total. The van der Waals surface area contributed by atoms with E-state index in [9.17, 15) is 14.4 Å². The number of rotatable bonds is 6. The predicted octanol–water partition coefficient (Wildman–Crippen LogP) is 4.32. The molecule has 0 bridgehead atoms. The van der Waals surface area contributed by atoms with Gasteiger partial charge in [0.1, 0.15) is 17.5 Å². The average molecular weight is 387 g/mol. The van der Waals surface area contributed by atoms with Crippen molar-refractivity contribution in [3.8, 4) is 6.07 Å². The third-order valence-electron chi connectivity index (χ3n) is 5.71. The van der Waals surface area contributed by atoms with Gasteiger partial charge in [-0.05, 0) is 61.6 Å². The zero-order valence-electron chi connectivity index (χ0n) is 17.1. The molecule has 1 aliphatic rings. The van der Waals surface area contributed by atoms with E-state index in [-0.39, 0.29) is 30.2 Å². The van der Waals surface area contributed by atoms with Gasteiger partial charge in [0.05, 0.1) is 11.6 Å². The second-order valence-corrected chi connectivity index (χ2v) is 8.07. The van der Waals surface area contributed by atoms with Crippen LogP contribution in [0.15, 0.2) is 36.4 Å². The van der Waals surface area contributed by atoms with E-state index in [1.54, 1.807) is 18.2 Å². The number of nitriles is 1. The summed E-state index contributed by atoms with van der Waals surface area (Å²) in [5, 5.41) is 8.97. The van der Waals surface area contributed by atoms with E-state index >= 15 is 0 Å². The van der Waals surface area contributed by atoms with Gasteiger partial charge in [0, 0.05) is 25.2 Å². The van der Waals surface area contributed by atoms with Crippen LogP contribution in [-0.4, -0.2) is 17.3 Å². The molecular formula is C25H25NO3. The van der Waals surface area contributed by atoms with Crippen LogP contribution in [0.4, 0.5) is 0 Å². The zero-order chi connectivity index (χ0) is 21.1. The Morgan fingerprint density at radius 1 is 1.10 bits per heavy atom. The van der Waals surface area contributed by atoms with E-state index in [2.05, 4.69) is 6.07 Å². The summed E-state index contributed by atoms with van der Waals surface area (Å²) in [5.41, 5.74) is 5.33. The predicted molar refractivity (Wildman–Crippen MR) is 111 cm³/mol. The van der Waals surface area contributed by atoms with E-state index in [1.165, 1.54) is 0 Å². The molecule has 1 saturated carbocycles. The Morgan fingerprint density at radius 3 is 2.45 bits per heavy atom. The highest BCUT2D eigenvalue weighted by Gasteiger charge is 2.43. The van der Waals surface area contributed by atoms with Crippen molar-refractivity contribution in [3.05, 3.63) is 69.8 Å². The maximum absolute atomic E-state index is 13.0. The summed E-state index contributed by atoms with van der Waals surface area (Å²) in [5.74, 6) is -1.47. The molecule has 2 unspecified atom stereocenters. The largest absolute Gasteiger partial charge is 0.300 e. The first-order chi connectivity index (χ1) is 13.8. The molecule has 0 radical (unpaired) electrons. The number of hydrogen-bond donors (Lipinski definition) is 0. The van der Waals surface area contributed by atoms with Crippen LogP contribution in [0.1, 0.15) is 58.6 Å². The van der Waals surface area contributed by atoms with Gasteiger partial charge in [0.25, 0.3) is 0 Å². The summed E-state index contributed by atoms with van der Waals surface area (Å²) in [6.07, 6.45) is 1.10. The summed E-state index contributed by atoms with van der Waals surface area (Å²) in [4.78, 5) is 38.1. The molecule has 0 heterocycles. The monoisotopic (exact) mass is 387 g/mol. The first-order valence-electron chi connectivity index (χ1n) is 9.95. The second kappa shape index (κ2) is 8.53. The first-order valence-corrected chi connectivity index (χ1v) is 9.95. The van der Waals surface area contributed by atoms with Crippen LogP contribution in [0, 0.1) is 38.0 Å². The Labute approximate surface area is 171 Å². The summed E-state index contributed by atoms with van der Waals surface area (Å²) in [6.45, 7) is 5.86. The van der Waals surface area contributed by atoms with Gasteiger partial charge in [-0.1, -0.05) is 29.8 Å². The van der Waals surface area contributed by atoms with Gasteiger partial charge >= 0.3 is 0 Å². The SMILES string of the molecule is Cc1cc(C)c(C2C(=O)CC(CC(=O)CCc3cccc(C#N)c3)C2=O)c(C)c1. The van der Waals surface area contributed by atoms with Gasteiger partial charge < -0.3 is 0 Å². The van der Waals surface area contributed by atoms with Crippen molar-refractivity contribution in [3.63, 3.8) is 0 Å².